The fraction of sp³-hybridized carbons (Fsp3) is 0.750. The van der Waals surface area contributed by atoms with Crippen LogP contribution >= 0.6 is 0 Å². The second-order valence-corrected chi connectivity index (χ2v) is 5.40. The Morgan fingerprint density at radius 3 is 3.19 bits per heavy atom. The fourth-order valence-corrected chi connectivity index (χ4v) is 2.63. The van der Waals surface area contributed by atoms with E-state index in [9.17, 15) is 0 Å². The van der Waals surface area contributed by atoms with Crippen LogP contribution < -0.4 is 10.6 Å². The minimum atomic E-state index is 0.410. The van der Waals surface area contributed by atoms with E-state index in [1.165, 1.54) is 30.7 Å². The molecule has 2 heterocycles. The van der Waals surface area contributed by atoms with E-state index in [1.807, 2.05) is 0 Å². The molecule has 16 heavy (non-hydrogen) atoms. The molecule has 1 aromatic heterocycles. The van der Waals surface area contributed by atoms with Crippen LogP contribution in [0.4, 0.5) is 0 Å². The molecule has 1 aliphatic heterocycles. The van der Waals surface area contributed by atoms with Crippen molar-refractivity contribution in [1.29, 1.82) is 0 Å². The molecule has 0 saturated heterocycles. The van der Waals surface area contributed by atoms with Gasteiger partial charge in [-0.05, 0) is 26.2 Å². The van der Waals surface area contributed by atoms with Crippen LogP contribution in [0.1, 0.15) is 37.6 Å². The van der Waals surface area contributed by atoms with E-state index < -0.39 is 0 Å². The summed E-state index contributed by atoms with van der Waals surface area (Å²) in [5.74, 6) is 0. The van der Waals surface area contributed by atoms with Gasteiger partial charge in [-0.1, -0.05) is 0 Å². The normalized spacial score (nSPS) is 27.2. The van der Waals surface area contributed by atoms with Gasteiger partial charge >= 0.3 is 0 Å². The lowest BCUT2D eigenvalue weighted by Crippen LogP contribution is -2.53. The number of aromatic nitrogens is 2. The molecule has 1 unspecified atom stereocenters. The van der Waals surface area contributed by atoms with Crippen molar-refractivity contribution < 1.29 is 0 Å². The van der Waals surface area contributed by atoms with Crippen molar-refractivity contribution in [1.82, 2.24) is 20.6 Å². The van der Waals surface area contributed by atoms with Gasteiger partial charge in [0.15, 0.2) is 0 Å². The van der Waals surface area contributed by atoms with Crippen molar-refractivity contribution in [3.05, 3.63) is 17.7 Å². The number of H-pyrrole nitrogens is 1. The molecule has 0 aromatic carbocycles. The Bertz CT molecular complexity index is 367. The summed E-state index contributed by atoms with van der Waals surface area (Å²) in [6.07, 6.45) is 6.88. The largest absolute Gasteiger partial charge is 0.347 e. The highest BCUT2D eigenvalue weighted by Crippen LogP contribution is 2.30. The van der Waals surface area contributed by atoms with Gasteiger partial charge in [0, 0.05) is 31.1 Å². The Kier molecular flexibility index (Phi) is 2.48. The monoisotopic (exact) mass is 220 g/mol. The van der Waals surface area contributed by atoms with Gasteiger partial charge in [0.05, 0.1) is 17.7 Å². The first-order valence-corrected chi connectivity index (χ1v) is 6.25. The van der Waals surface area contributed by atoms with E-state index in [4.69, 9.17) is 0 Å². The smallest absolute Gasteiger partial charge is 0.0925 e. The van der Waals surface area contributed by atoms with Crippen LogP contribution in [0, 0.1) is 0 Å². The van der Waals surface area contributed by atoms with E-state index >= 15 is 0 Å². The zero-order chi connectivity index (χ0) is 11.0. The molecule has 0 amide bonds. The first kappa shape index (κ1) is 10.3. The minimum absolute atomic E-state index is 0.410. The number of aromatic amines is 1. The topological polar surface area (TPSA) is 52.7 Å². The molecule has 4 heteroatoms. The maximum absolute atomic E-state index is 4.36. The van der Waals surface area contributed by atoms with Crippen LogP contribution in [-0.4, -0.2) is 28.1 Å². The molecule has 1 saturated carbocycles. The second-order valence-electron chi connectivity index (χ2n) is 5.40. The molecule has 1 aromatic rings. The lowest BCUT2D eigenvalue weighted by Gasteiger charge is -2.41. The summed E-state index contributed by atoms with van der Waals surface area (Å²) in [6, 6.07) is 0.535. The highest BCUT2D eigenvalue weighted by molar-refractivity contribution is 5.16. The Labute approximate surface area is 96.2 Å². The third kappa shape index (κ3) is 1.87. The number of rotatable bonds is 3. The number of hydrogen-bond donors (Lipinski definition) is 3. The average molecular weight is 220 g/mol. The molecule has 2 aliphatic rings. The number of nitrogens with one attached hydrogen (secondary N) is 3. The summed E-state index contributed by atoms with van der Waals surface area (Å²) >= 11 is 0. The lowest BCUT2D eigenvalue weighted by molar-refractivity contribution is 0.199. The number of hydrogen-bond acceptors (Lipinski definition) is 3. The molecule has 1 aliphatic carbocycles. The highest BCUT2D eigenvalue weighted by atomic mass is 15.1. The summed E-state index contributed by atoms with van der Waals surface area (Å²) in [5.41, 5.74) is 2.91. The zero-order valence-corrected chi connectivity index (χ0v) is 9.84. The molecule has 1 fully saturated rings. The minimum Gasteiger partial charge on any atom is -0.347 e. The average Bonchev–Trinajstić information content (AvgIpc) is 2.70. The van der Waals surface area contributed by atoms with Gasteiger partial charge in [0.2, 0.25) is 0 Å². The molecule has 3 N–H and O–H groups in total. The van der Waals surface area contributed by atoms with Crippen LogP contribution in [0.2, 0.25) is 0 Å². The van der Waals surface area contributed by atoms with Gasteiger partial charge in [0.1, 0.15) is 0 Å². The maximum Gasteiger partial charge on any atom is 0.0925 e. The Balaban J connectivity index is 1.54. The fourth-order valence-electron chi connectivity index (χ4n) is 2.63. The summed E-state index contributed by atoms with van der Waals surface area (Å²) in [7, 11) is 0. The Morgan fingerprint density at radius 2 is 2.44 bits per heavy atom. The van der Waals surface area contributed by atoms with E-state index in [1.54, 1.807) is 6.33 Å². The standard InChI is InChI=1S/C12H20N4/c1-12(3-2-4-12)16-6-9-5-10-11(7-13-9)15-8-14-10/h8-9,13,16H,2-7H2,1H3,(H,14,15). The van der Waals surface area contributed by atoms with Crippen LogP contribution in [0.3, 0.4) is 0 Å². The Morgan fingerprint density at radius 1 is 1.56 bits per heavy atom. The molecular formula is C12H20N4. The van der Waals surface area contributed by atoms with E-state index in [2.05, 4.69) is 27.5 Å². The lowest BCUT2D eigenvalue weighted by atomic mass is 9.78. The molecule has 88 valence electrons. The molecule has 1 atom stereocenters. The number of imidazole rings is 1. The molecular weight excluding hydrogens is 200 g/mol. The molecule has 0 radical (unpaired) electrons. The van der Waals surface area contributed by atoms with Gasteiger partial charge in [-0.3, -0.25) is 0 Å². The summed E-state index contributed by atoms with van der Waals surface area (Å²) < 4.78 is 0. The third-order valence-electron chi connectivity index (χ3n) is 4.05. The van der Waals surface area contributed by atoms with Crippen molar-refractivity contribution in [2.45, 2.75) is 50.7 Å². The van der Waals surface area contributed by atoms with Gasteiger partial charge in [0.25, 0.3) is 0 Å². The number of fused-ring (bicyclic) bond motifs is 1. The van der Waals surface area contributed by atoms with Crippen LogP contribution in [0.15, 0.2) is 6.33 Å². The summed E-state index contributed by atoms with van der Waals surface area (Å²) in [5, 5.41) is 7.24. The summed E-state index contributed by atoms with van der Waals surface area (Å²) in [6.45, 7) is 4.32. The van der Waals surface area contributed by atoms with E-state index in [0.29, 0.717) is 11.6 Å². The van der Waals surface area contributed by atoms with Crippen LogP contribution in [0.25, 0.3) is 0 Å². The van der Waals surface area contributed by atoms with Gasteiger partial charge < -0.3 is 15.6 Å². The van der Waals surface area contributed by atoms with Crippen LogP contribution in [0.5, 0.6) is 0 Å². The quantitative estimate of drug-likeness (QED) is 0.711. The molecule has 4 nitrogen and oxygen atoms in total. The summed E-state index contributed by atoms with van der Waals surface area (Å²) in [4.78, 5) is 7.54. The van der Waals surface area contributed by atoms with Crippen molar-refractivity contribution in [2.24, 2.45) is 0 Å². The first-order chi connectivity index (χ1) is 7.75. The SMILES string of the molecule is CC1(NCC2Cc3nc[nH]c3CN2)CCC1. The van der Waals surface area contributed by atoms with Crippen molar-refractivity contribution in [3.63, 3.8) is 0 Å². The number of nitrogens with zero attached hydrogens (tertiary/aromatic N) is 1. The zero-order valence-electron chi connectivity index (χ0n) is 9.84. The molecule has 0 spiro atoms. The van der Waals surface area contributed by atoms with Crippen molar-refractivity contribution >= 4 is 0 Å². The highest BCUT2D eigenvalue weighted by Gasteiger charge is 2.32. The third-order valence-corrected chi connectivity index (χ3v) is 4.05. The second kappa shape index (κ2) is 3.86. The van der Waals surface area contributed by atoms with Gasteiger partial charge in [-0.2, -0.15) is 0 Å². The van der Waals surface area contributed by atoms with Crippen molar-refractivity contribution in [2.75, 3.05) is 6.54 Å². The van der Waals surface area contributed by atoms with E-state index in [-0.39, 0.29) is 0 Å². The predicted octanol–water partition coefficient (Wildman–Crippen LogP) is 0.956. The van der Waals surface area contributed by atoms with E-state index in [0.717, 1.165) is 19.5 Å². The first-order valence-electron chi connectivity index (χ1n) is 6.25. The van der Waals surface area contributed by atoms with Gasteiger partial charge in [-0.15, -0.1) is 0 Å². The van der Waals surface area contributed by atoms with Crippen molar-refractivity contribution in [3.8, 4) is 0 Å². The maximum atomic E-state index is 4.36. The van der Waals surface area contributed by atoms with Crippen LogP contribution in [-0.2, 0) is 13.0 Å². The molecule has 3 rings (SSSR count). The van der Waals surface area contributed by atoms with Gasteiger partial charge in [-0.25, -0.2) is 4.98 Å². The predicted molar refractivity (Wildman–Crippen MR) is 63.2 cm³/mol. The molecule has 0 bridgehead atoms. The Hall–Kier alpha value is -0.870.